The van der Waals surface area contributed by atoms with Crippen LogP contribution in [0.25, 0.3) is 0 Å². The van der Waals surface area contributed by atoms with Gasteiger partial charge in [0.2, 0.25) is 0 Å². The average molecular weight is 232 g/mol. The van der Waals surface area contributed by atoms with Crippen LogP contribution in [0.5, 0.6) is 0 Å². The highest BCUT2D eigenvalue weighted by atomic mass is 31.1. The zero-order valence-corrected chi connectivity index (χ0v) is 10.3. The Balaban J connectivity index is 3.88. The van der Waals surface area contributed by atoms with Crippen LogP contribution < -0.4 is 0 Å². The molecule has 0 aromatic carbocycles. The quantitative estimate of drug-likeness (QED) is 0.290. The van der Waals surface area contributed by atoms with Crippen molar-refractivity contribution in [1.82, 2.24) is 0 Å². The predicted molar refractivity (Wildman–Crippen MR) is 59.1 cm³/mol. The van der Waals surface area contributed by atoms with Crippen molar-refractivity contribution in [2.45, 2.75) is 20.3 Å². The Morgan fingerprint density at radius 2 is 2.20 bits per heavy atom. The zero-order chi connectivity index (χ0) is 11.7. The summed E-state index contributed by atoms with van der Waals surface area (Å²) in [5.74, 6) is 5.37. The molecule has 0 rings (SSSR count). The molecule has 0 saturated heterocycles. The molecule has 2 unspecified atom stereocenters. The molecule has 0 saturated carbocycles. The monoisotopic (exact) mass is 232 g/mol. The van der Waals surface area contributed by atoms with Crippen LogP contribution in [0.3, 0.4) is 0 Å². The van der Waals surface area contributed by atoms with Crippen LogP contribution >= 0.6 is 7.80 Å². The lowest BCUT2D eigenvalue weighted by atomic mass is 10.0. The summed E-state index contributed by atoms with van der Waals surface area (Å²) in [5.41, 5.74) is 0. The first kappa shape index (κ1) is 14.4. The Morgan fingerprint density at radius 3 is 2.73 bits per heavy atom. The van der Waals surface area contributed by atoms with E-state index in [1.807, 2.05) is 0 Å². The third-order valence-corrected chi connectivity index (χ3v) is 3.03. The van der Waals surface area contributed by atoms with E-state index >= 15 is 0 Å². The molecule has 0 radical (unpaired) electrons. The van der Waals surface area contributed by atoms with E-state index in [0.29, 0.717) is 6.42 Å². The Labute approximate surface area is 91.0 Å². The van der Waals surface area contributed by atoms with Crippen LogP contribution in [-0.2, 0) is 19.1 Å². The molecule has 0 aliphatic rings. The second-order valence-electron chi connectivity index (χ2n) is 3.14. The summed E-state index contributed by atoms with van der Waals surface area (Å²) in [6, 6.07) is 0. The van der Waals surface area contributed by atoms with E-state index in [1.54, 1.807) is 13.8 Å². The first-order chi connectivity index (χ1) is 7.11. The van der Waals surface area contributed by atoms with E-state index in [-0.39, 0.29) is 24.2 Å². The molecular weight excluding hydrogens is 215 g/mol. The second-order valence-corrected chi connectivity index (χ2v) is 4.86. The molecule has 4 nitrogen and oxygen atoms in total. The Bertz CT molecular complexity index is 277. The highest BCUT2D eigenvalue weighted by molar-refractivity contribution is 7.45. The first-order valence-corrected chi connectivity index (χ1v) is 6.53. The van der Waals surface area contributed by atoms with Gasteiger partial charge in [0, 0.05) is 12.3 Å². The number of carbonyl (C=O) groups is 1. The fourth-order valence-corrected chi connectivity index (χ4v) is 2.00. The fourth-order valence-electron chi connectivity index (χ4n) is 0.913. The van der Waals surface area contributed by atoms with E-state index in [2.05, 4.69) is 21.6 Å². The van der Waals surface area contributed by atoms with Crippen LogP contribution in [0, 0.1) is 17.8 Å². The molecule has 2 atom stereocenters. The standard InChI is InChI=1S/C10H17O4P/c1-4-5-6-9(2)10(11)7-15(12)8-14-13-3/h9,15H,6-8H2,1-3H3. The number of hydrogen-bond acceptors (Lipinski definition) is 4. The van der Waals surface area contributed by atoms with Crippen molar-refractivity contribution in [2.24, 2.45) is 5.92 Å². The largest absolute Gasteiger partial charge is 0.324 e. The van der Waals surface area contributed by atoms with Gasteiger partial charge in [0.25, 0.3) is 0 Å². The van der Waals surface area contributed by atoms with Crippen molar-refractivity contribution in [3.05, 3.63) is 0 Å². The highest BCUT2D eigenvalue weighted by Gasteiger charge is 2.15. The molecule has 0 fully saturated rings. The smallest absolute Gasteiger partial charge is 0.143 e. The van der Waals surface area contributed by atoms with Crippen LogP contribution in [0.1, 0.15) is 20.3 Å². The van der Waals surface area contributed by atoms with Crippen LogP contribution in [-0.4, -0.2) is 25.4 Å². The maximum absolute atomic E-state index is 11.5. The van der Waals surface area contributed by atoms with Gasteiger partial charge in [0.15, 0.2) is 0 Å². The van der Waals surface area contributed by atoms with Crippen molar-refractivity contribution in [3.63, 3.8) is 0 Å². The summed E-state index contributed by atoms with van der Waals surface area (Å²) in [4.78, 5) is 20.3. The van der Waals surface area contributed by atoms with Crippen molar-refractivity contribution >= 4 is 13.6 Å². The summed E-state index contributed by atoms with van der Waals surface area (Å²) < 4.78 is 11.3. The van der Waals surface area contributed by atoms with E-state index in [9.17, 15) is 9.36 Å². The minimum atomic E-state index is -2.02. The maximum Gasteiger partial charge on any atom is 0.143 e. The lowest BCUT2D eigenvalue weighted by molar-refractivity contribution is -0.256. The van der Waals surface area contributed by atoms with Gasteiger partial charge in [-0.05, 0) is 6.92 Å². The molecule has 0 heterocycles. The second kappa shape index (κ2) is 8.67. The van der Waals surface area contributed by atoms with Crippen LogP contribution in [0.15, 0.2) is 0 Å². The van der Waals surface area contributed by atoms with Gasteiger partial charge in [-0.15, -0.1) is 11.8 Å². The highest BCUT2D eigenvalue weighted by Crippen LogP contribution is 2.22. The molecule has 0 aliphatic carbocycles. The molecule has 0 aromatic rings. The Morgan fingerprint density at radius 1 is 1.53 bits per heavy atom. The molecule has 0 N–H and O–H groups in total. The topological polar surface area (TPSA) is 52.6 Å². The third-order valence-electron chi connectivity index (χ3n) is 1.84. The Hall–Kier alpha value is -0.620. The van der Waals surface area contributed by atoms with E-state index in [0.717, 1.165) is 0 Å². The number of hydrogen-bond donors (Lipinski definition) is 0. The molecule has 0 aromatic heterocycles. The zero-order valence-electron chi connectivity index (χ0n) is 9.33. The van der Waals surface area contributed by atoms with Crippen molar-refractivity contribution < 1.29 is 19.1 Å². The molecule has 5 heteroatoms. The van der Waals surface area contributed by atoms with Gasteiger partial charge < -0.3 is 4.57 Å². The normalized spacial score (nSPS) is 13.8. The molecule has 0 spiro atoms. The molecule has 0 amide bonds. The first-order valence-electron chi connectivity index (χ1n) is 4.71. The Kier molecular flexibility index (Phi) is 8.31. The van der Waals surface area contributed by atoms with Gasteiger partial charge in [0.05, 0.1) is 13.3 Å². The summed E-state index contributed by atoms with van der Waals surface area (Å²) in [5, 5.41) is 0. The van der Waals surface area contributed by atoms with Gasteiger partial charge >= 0.3 is 0 Å². The number of carbonyl (C=O) groups excluding carboxylic acids is 1. The average Bonchev–Trinajstić information content (AvgIpc) is 2.22. The molecule has 0 bridgehead atoms. The van der Waals surface area contributed by atoms with Gasteiger partial charge in [0.1, 0.15) is 19.9 Å². The lowest BCUT2D eigenvalue weighted by Gasteiger charge is -2.06. The van der Waals surface area contributed by atoms with Crippen molar-refractivity contribution in [3.8, 4) is 11.8 Å². The number of Topliss-reactive ketones (excluding diaryl/α,β-unsaturated/α-hetero) is 1. The van der Waals surface area contributed by atoms with Crippen molar-refractivity contribution in [1.29, 1.82) is 0 Å². The third kappa shape index (κ3) is 7.33. The van der Waals surface area contributed by atoms with E-state index in [1.165, 1.54) is 7.11 Å². The fraction of sp³-hybridized carbons (Fsp3) is 0.700. The lowest BCUT2D eigenvalue weighted by Crippen LogP contribution is -2.13. The summed E-state index contributed by atoms with van der Waals surface area (Å²) in [7, 11) is -0.672. The number of ketones is 1. The van der Waals surface area contributed by atoms with E-state index in [4.69, 9.17) is 0 Å². The number of rotatable bonds is 7. The summed E-state index contributed by atoms with van der Waals surface area (Å²) >= 11 is 0. The van der Waals surface area contributed by atoms with E-state index < -0.39 is 7.80 Å². The SMILES string of the molecule is CC#CCC(C)C(=O)C[PH](=O)COOC. The molecule has 0 aliphatic heterocycles. The van der Waals surface area contributed by atoms with Crippen LogP contribution in [0.4, 0.5) is 0 Å². The molecular formula is C10H17O4P. The van der Waals surface area contributed by atoms with Gasteiger partial charge in [-0.2, -0.15) is 0 Å². The summed E-state index contributed by atoms with van der Waals surface area (Å²) in [6.45, 7) is 3.52. The maximum atomic E-state index is 11.5. The van der Waals surface area contributed by atoms with Gasteiger partial charge in [-0.1, -0.05) is 6.92 Å². The minimum absolute atomic E-state index is 0.000910. The minimum Gasteiger partial charge on any atom is -0.324 e. The summed E-state index contributed by atoms with van der Waals surface area (Å²) in [6.07, 6.45) is 0.593. The van der Waals surface area contributed by atoms with Gasteiger partial charge in [-0.3, -0.25) is 4.79 Å². The molecule has 15 heavy (non-hydrogen) atoms. The molecule has 86 valence electrons. The van der Waals surface area contributed by atoms with Gasteiger partial charge in [-0.25, -0.2) is 9.78 Å². The van der Waals surface area contributed by atoms with Crippen LogP contribution in [0.2, 0.25) is 0 Å². The van der Waals surface area contributed by atoms with Crippen molar-refractivity contribution in [2.75, 3.05) is 19.6 Å². The predicted octanol–water partition coefficient (Wildman–Crippen LogP) is 1.70.